The Balaban J connectivity index is 1.63. The summed E-state index contributed by atoms with van der Waals surface area (Å²) in [4.78, 5) is 27.2. The third kappa shape index (κ3) is 4.89. The molecule has 0 atom stereocenters. The molecule has 0 saturated heterocycles. The van der Waals surface area contributed by atoms with Gasteiger partial charge in [0, 0.05) is 23.6 Å². The van der Waals surface area contributed by atoms with Crippen LogP contribution in [-0.2, 0) is 9.59 Å². The molecule has 0 aliphatic heterocycles. The Bertz CT molecular complexity index is 1020. The number of benzene rings is 2. The highest BCUT2D eigenvalue weighted by Crippen LogP contribution is 2.28. The highest BCUT2D eigenvalue weighted by molar-refractivity contribution is 7.14. The van der Waals surface area contributed by atoms with E-state index in [-0.39, 0.29) is 22.4 Å². The summed E-state index contributed by atoms with van der Waals surface area (Å²) in [7, 11) is 0. The Morgan fingerprint density at radius 3 is 2.61 bits per heavy atom. The van der Waals surface area contributed by atoms with Gasteiger partial charge < -0.3 is 10.1 Å². The standard InChI is InChI=1S/C19H15F2N3O3S/c1-11(25)22-12-6-7-13(15(21)8-12)16-10-28-19(23-16)24-18(26)9-27-17-5-3-2-4-14(17)20/h2-8,10H,9H2,1H3,(H,22,25)(H,23,24,26). The molecule has 3 aromatic rings. The van der Waals surface area contributed by atoms with Gasteiger partial charge in [-0.2, -0.15) is 0 Å². The van der Waals surface area contributed by atoms with E-state index in [0.29, 0.717) is 11.4 Å². The van der Waals surface area contributed by atoms with Crippen LogP contribution in [0, 0.1) is 11.6 Å². The first kappa shape index (κ1) is 19.4. The first-order valence-corrected chi connectivity index (χ1v) is 9.00. The predicted molar refractivity (Wildman–Crippen MR) is 102 cm³/mol. The van der Waals surface area contributed by atoms with Crippen LogP contribution in [0.25, 0.3) is 11.3 Å². The number of rotatable bonds is 6. The molecule has 0 fully saturated rings. The Morgan fingerprint density at radius 1 is 1.11 bits per heavy atom. The number of amides is 2. The fourth-order valence-corrected chi connectivity index (χ4v) is 3.05. The van der Waals surface area contributed by atoms with Crippen LogP contribution in [0.4, 0.5) is 19.6 Å². The van der Waals surface area contributed by atoms with Crippen molar-refractivity contribution in [3.8, 4) is 17.0 Å². The van der Waals surface area contributed by atoms with Crippen LogP contribution in [0.3, 0.4) is 0 Å². The normalized spacial score (nSPS) is 10.4. The zero-order valence-corrected chi connectivity index (χ0v) is 15.5. The van der Waals surface area contributed by atoms with E-state index in [4.69, 9.17) is 4.74 Å². The van der Waals surface area contributed by atoms with Gasteiger partial charge in [0.2, 0.25) is 5.91 Å². The summed E-state index contributed by atoms with van der Waals surface area (Å²) in [5, 5.41) is 6.85. The summed E-state index contributed by atoms with van der Waals surface area (Å²) in [6, 6.07) is 9.98. The van der Waals surface area contributed by atoms with Gasteiger partial charge in [0.1, 0.15) is 5.82 Å². The number of carbonyl (C=O) groups is 2. The predicted octanol–water partition coefficient (Wildman–Crippen LogP) is 4.06. The Morgan fingerprint density at radius 2 is 1.89 bits per heavy atom. The maximum atomic E-state index is 14.3. The second-order valence-corrected chi connectivity index (χ2v) is 6.54. The molecular formula is C19H15F2N3O3S. The topological polar surface area (TPSA) is 80.3 Å². The van der Waals surface area contributed by atoms with Gasteiger partial charge in [-0.1, -0.05) is 12.1 Å². The van der Waals surface area contributed by atoms with Gasteiger partial charge in [-0.05, 0) is 30.3 Å². The number of thiazole rings is 1. The van der Waals surface area contributed by atoms with Gasteiger partial charge in [0.15, 0.2) is 23.3 Å². The molecule has 6 nitrogen and oxygen atoms in total. The van der Waals surface area contributed by atoms with E-state index in [1.807, 2.05) is 0 Å². The number of nitrogens with zero attached hydrogens (tertiary/aromatic N) is 1. The van der Waals surface area contributed by atoms with Gasteiger partial charge in [0.25, 0.3) is 5.91 Å². The van der Waals surface area contributed by atoms with Crippen molar-refractivity contribution >= 4 is 34.0 Å². The largest absolute Gasteiger partial charge is 0.481 e. The van der Waals surface area contributed by atoms with E-state index in [9.17, 15) is 18.4 Å². The van der Waals surface area contributed by atoms with Crippen molar-refractivity contribution in [1.29, 1.82) is 0 Å². The molecule has 144 valence electrons. The maximum Gasteiger partial charge on any atom is 0.264 e. The van der Waals surface area contributed by atoms with Crippen LogP contribution < -0.4 is 15.4 Å². The summed E-state index contributed by atoms with van der Waals surface area (Å²) in [5.41, 5.74) is 0.901. The van der Waals surface area contributed by atoms with Gasteiger partial charge in [0.05, 0.1) is 5.69 Å². The number of nitrogens with one attached hydrogen (secondary N) is 2. The highest BCUT2D eigenvalue weighted by atomic mass is 32.1. The molecule has 0 unspecified atom stereocenters. The van der Waals surface area contributed by atoms with Crippen LogP contribution in [0.1, 0.15) is 6.92 Å². The SMILES string of the molecule is CC(=O)Nc1ccc(-c2csc(NC(=O)COc3ccccc3F)n2)c(F)c1. The molecule has 0 bridgehead atoms. The number of carbonyl (C=O) groups excluding carboxylic acids is 2. The minimum atomic E-state index is -0.565. The number of anilines is 2. The fraction of sp³-hybridized carbons (Fsp3) is 0.105. The quantitative estimate of drug-likeness (QED) is 0.650. The lowest BCUT2D eigenvalue weighted by Crippen LogP contribution is -2.20. The molecule has 2 aromatic carbocycles. The fourth-order valence-electron chi connectivity index (χ4n) is 2.32. The first-order chi connectivity index (χ1) is 13.4. The Hall–Kier alpha value is -3.33. The van der Waals surface area contributed by atoms with Crippen molar-refractivity contribution in [2.75, 3.05) is 17.2 Å². The highest BCUT2D eigenvalue weighted by Gasteiger charge is 2.13. The molecule has 9 heteroatoms. The van der Waals surface area contributed by atoms with E-state index in [1.165, 1.54) is 37.3 Å². The number of halogens is 2. The van der Waals surface area contributed by atoms with Crippen molar-refractivity contribution in [2.45, 2.75) is 6.92 Å². The van der Waals surface area contributed by atoms with E-state index in [1.54, 1.807) is 17.5 Å². The molecule has 1 heterocycles. The molecule has 2 N–H and O–H groups in total. The van der Waals surface area contributed by atoms with Gasteiger partial charge in [-0.3, -0.25) is 14.9 Å². The average Bonchev–Trinajstić information content (AvgIpc) is 3.08. The number of ether oxygens (including phenoxy) is 1. The van der Waals surface area contributed by atoms with Crippen molar-refractivity contribution in [2.24, 2.45) is 0 Å². The lowest BCUT2D eigenvalue weighted by molar-refractivity contribution is -0.118. The van der Waals surface area contributed by atoms with E-state index in [2.05, 4.69) is 15.6 Å². The number of hydrogen-bond donors (Lipinski definition) is 2. The van der Waals surface area contributed by atoms with Crippen LogP contribution >= 0.6 is 11.3 Å². The monoisotopic (exact) mass is 403 g/mol. The molecule has 3 rings (SSSR count). The van der Waals surface area contributed by atoms with Crippen LogP contribution in [0.5, 0.6) is 5.75 Å². The molecule has 2 amide bonds. The third-order valence-corrected chi connectivity index (χ3v) is 4.27. The minimum absolute atomic E-state index is 0.0289. The lowest BCUT2D eigenvalue weighted by atomic mass is 10.1. The molecule has 0 saturated carbocycles. The average molecular weight is 403 g/mol. The van der Waals surface area contributed by atoms with Crippen molar-refractivity contribution in [1.82, 2.24) is 4.98 Å². The summed E-state index contributed by atoms with van der Waals surface area (Å²) in [5.74, 6) is -1.98. The smallest absolute Gasteiger partial charge is 0.264 e. The molecule has 0 radical (unpaired) electrons. The van der Waals surface area contributed by atoms with Crippen LogP contribution in [0.2, 0.25) is 0 Å². The summed E-state index contributed by atoms with van der Waals surface area (Å²) < 4.78 is 32.9. The molecule has 0 spiro atoms. The van der Waals surface area contributed by atoms with Gasteiger partial charge in [-0.25, -0.2) is 13.8 Å². The molecule has 0 aliphatic carbocycles. The number of aromatic nitrogens is 1. The van der Waals surface area contributed by atoms with Crippen molar-refractivity contribution < 1.29 is 23.1 Å². The second-order valence-electron chi connectivity index (χ2n) is 5.68. The van der Waals surface area contributed by atoms with Crippen molar-refractivity contribution in [3.63, 3.8) is 0 Å². The molecule has 1 aromatic heterocycles. The molecular weight excluding hydrogens is 388 g/mol. The summed E-state index contributed by atoms with van der Waals surface area (Å²) in [6.07, 6.45) is 0. The lowest BCUT2D eigenvalue weighted by Gasteiger charge is -2.06. The Labute approximate surface area is 163 Å². The number of hydrogen-bond acceptors (Lipinski definition) is 5. The maximum absolute atomic E-state index is 14.3. The first-order valence-electron chi connectivity index (χ1n) is 8.12. The van der Waals surface area contributed by atoms with Crippen LogP contribution in [-0.4, -0.2) is 23.4 Å². The van der Waals surface area contributed by atoms with E-state index < -0.39 is 24.1 Å². The van der Waals surface area contributed by atoms with E-state index in [0.717, 1.165) is 11.3 Å². The summed E-state index contributed by atoms with van der Waals surface area (Å²) >= 11 is 1.11. The molecule has 28 heavy (non-hydrogen) atoms. The second kappa shape index (κ2) is 8.57. The number of para-hydroxylation sites is 1. The van der Waals surface area contributed by atoms with Crippen molar-refractivity contribution in [3.05, 3.63) is 59.5 Å². The summed E-state index contributed by atoms with van der Waals surface area (Å²) in [6.45, 7) is 0.937. The molecule has 0 aliphatic rings. The van der Waals surface area contributed by atoms with Gasteiger partial charge in [-0.15, -0.1) is 11.3 Å². The zero-order valence-electron chi connectivity index (χ0n) is 14.7. The van der Waals surface area contributed by atoms with Crippen LogP contribution in [0.15, 0.2) is 47.8 Å². The Kier molecular flexibility index (Phi) is 5.95. The van der Waals surface area contributed by atoms with E-state index >= 15 is 0 Å². The zero-order chi connectivity index (χ0) is 20.1. The minimum Gasteiger partial charge on any atom is -0.481 e. The third-order valence-electron chi connectivity index (χ3n) is 3.51. The van der Waals surface area contributed by atoms with Gasteiger partial charge >= 0.3 is 0 Å².